The quantitative estimate of drug-likeness (QED) is 0.887. The summed E-state index contributed by atoms with van der Waals surface area (Å²) in [4.78, 5) is 12.0. The normalized spacial score (nSPS) is 10.1. The average Bonchev–Trinajstić information content (AvgIpc) is 2.78. The Kier molecular flexibility index (Phi) is 2.92. The van der Waals surface area contributed by atoms with Gasteiger partial charge in [0.05, 0.1) is 7.11 Å². The Bertz CT molecular complexity index is 499. The summed E-state index contributed by atoms with van der Waals surface area (Å²) in [7, 11) is 1.61. The Morgan fingerprint density at radius 2 is 1.88 bits per heavy atom. The maximum atomic E-state index is 10.7. The van der Waals surface area contributed by atoms with Gasteiger partial charge < -0.3 is 9.84 Å². The monoisotopic (exact) mass is 234 g/mol. The lowest BCUT2D eigenvalue weighted by Crippen LogP contribution is -1.89. The molecule has 0 amide bonds. The maximum Gasteiger partial charge on any atom is 0.345 e. The summed E-state index contributed by atoms with van der Waals surface area (Å²) in [5.41, 5.74) is 0.998. The number of aromatic carboxylic acids is 1. The number of hydrogen-bond acceptors (Lipinski definition) is 3. The Morgan fingerprint density at radius 3 is 2.38 bits per heavy atom. The largest absolute Gasteiger partial charge is 0.497 e. The van der Waals surface area contributed by atoms with Crippen molar-refractivity contribution in [3.8, 4) is 16.2 Å². The highest BCUT2D eigenvalue weighted by Crippen LogP contribution is 2.29. The second kappa shape index (κ2) is 4.37. The summed E-state index contributed by atoms with van der Waals surface area (Å²) < 4.78 is 5.06. The van der Waals surface area contributed by atoms with Crippen molar-refractivity contribution >= 4 is 17.3 Å². The van der Waals surface area contributed by atoms with E-state index >= 15 is 0 Å². The minimum absolute atomic E-state index is 0.353. The van der Waals surface area contributed by atoms with Crippen LogP contribution in [0, 0.1) is 0 Å². The molecule has 1 aromatic heterocycles. The Labute approximate surface area is 96.9 Å². The molecule has 1 aromatic carbocycles. The van der Waals surface area contributed by atoms with Gasteiger partial charge in [0.1, 0.15) is 10.6 Å². The fourth-order valence-corrected chi connectivity index (χ4v) is 2.21. The molecule has 2 rings (SSSR count). The van der Waals surface area contributed by atoms with Crippen molar-refractivity contribution in [2.24, 2.45) is 0 Å². The number of carboxylic acid groups (broad SMARTS) is 1. The molecule has 4 heteroatoms. The molecule has 2 aromatic rings. The van der Waals surface area contributed by atoms with Gasteiger partial charge in [-0.15, -0.1) is 11.3 Å². The molecule has 0 fully saturated rings. The van der Waals surface area contributed by atoms with E-state index in [9.17, 15) is 4.79 Å². The summed E-state index contributed by atoms with van der Waals surface area (Å²) in [5.74, 6) is -0.0940. The van der Waals surface area contributed by atoms with E-state index in [-0.39, 0.29) is 0 Å². The van der Waals surface area contributed by atoms with Crippen LogP contribution in [-0.4, -0.2) is 18.2 Å². The first kappa shape index (κ1) is 10.7. The zero-order valence-corrected chi connectivity index (χ0v) is 9.45. The zero-order valence-electron chi connectivity index (χ0n) is 8.64. The van der Waals surface area contributed by atoms with Crippen LogP contribution in [0.25, 0.3) is 10.4 Å². The molecule has 0 saturated carbocycles. The van der Waals surface area contributed by atoms with Gasteiger partial charge in [-0.3, -0.25) is 0 Å². The third kappa shape index (κ3) is 2.06. The molecule has 0 aliphatic heterocycles. The predicted octanol–water partition coefficient (Wildman–Crippen LogP) is 3.12. The Hall–Kier alpha value is -1.81. The number of carbonyl (C=O) groups is 1. The van der Waals surface area contributed by atoms with E-state index in [2.05, 4.69) is 0 Å². The van der Waals surface area contributed by atoms with Crippen molar-refractivity contribution in [1.82, 2.24) is 0 Å². The fraction of sp³-hybridized carbons (Fsp3) is 0.0833. The van der Waals surface area contributed by atoms with E-state index in [1.807, 2.05) is 30.3 Å². The summed E-state index contributed by atoms with van der Waals surface area (Å²) in [6, 6.07) is 11.0. The SMILES string of the molecule is COc1ccc(-c2ccc(C(=O)O)s2)cc1. The number of rotatable bonds is 3. The first-order chi connectivity index (χ1) is 7.70. The molecule has 16 heavy (non-hydrogen) atoms. The topological polar surface area (TPSA) is 46.5 Å². The van der Waals surface area contributed by atoms with Gasteiger partial charge in [-0.1, -0.05) is 0 Å². The van der Waals surface area contributed by atoms with Crippen LogP contribution >= 0.6 is 11.3 Å². The minimum Gasteiger partial charge on any atom is -0.497 e. The highest BCUT2D eigenvalue weighted by atomic mass is 32.1. The summed E-state index contributed by atoms with van der Waals surface area (Å²) in [6.07, 6.45) is 0. The van der Waals surface area contributed by atoms with Crippen LogP contribution in [0.5, 0.6) is 5.75 Å². The smallest absolute Gasteiger partial charge is 0.345 e. The second-order valence-electron chi connectivity index (χ2n) is 3.20. The molecule has 3 nitrogen and oxygen atoms in total. The standard InChI is InChI=1S/C12H10O3S/c1-15-9-4-2-8(3-5-9)10-6-7-11(16-10)12(13)14/h2-7H,1H3,(H,13,14). The molecule has 0 aliphatic rings. The van der Waals surface area contributed by atoms with Crippen LogP contribution in [0.4, 0.5) is 0 Å². The molecule has 0 atom stereocenters. The molecule has 0 radical (unpaired) electrons. The average molecular weight is 234 g/mol. The molecule has 0 bridgehead atoms. The first-order valence-corrected chi connectivity index (χ1v) is 5.50. The second-order valence-corrected chi connectivity index (χ2v) is 4.28. The third-order valence-electron chi connectivity index (χ3n) is 2.19. The van der Waals surface area contributed by atoms with Crippen LogP contribution in [0.3, 0.4) is 0 Å². The number of methoxy groups -OCH3 is 1. The van der Waals surface area contributed by atoms with Crippen molar-refractivity contribution in [1.29, 1.82) is 0 Å². The highest BCUT2D eigenvalue weighted by molar-refractivity contribution is 7.17. The molecule has 82 valence electrons. The number of ether oxygens (including phenoxy) is 1. The van der Waals surface area contributed by atoms with Gasteiger partial charge in [-0.2, -0.15) is 0 Å². The lowest BCUT2D eigenvalue weighted by molar-refractivity contribution is 0.0702. The van der Waals surface area contributed by atoms with E-state index in [1.54, 1.807) is 13.2 Å². The van der Waals surface area contributed by atoms with Crippen molar-refractivity contribution in [3.05, 3.63) is 41.3 Å². The highest BCUT2D eigenvalue weighted by Gasteiger charge is 2.08. The van der Waals surface area contributed by atoms with Gasteiger partial charge in [0.2, 0.25) is 0 Å². The molecule has 0 saturated heterocycles. The number of thiophene rings is 1. The van der Waals surface area contributed by atoms with E-state index in [1.165, 1.54) is 11.3 Å². The minimum atomic E-state index is -0.884. The Morgan fingerprint density at radius 1 is 1.19 bits per heavy atom. The first-order valence-electron chi connectivity index (χ1n) is 4.68. The Balaban J connectivity index is 2.31. The van der Waals surface area contributed by atoms with Gasteiger partial charge in [0.25, 0.3) is 0 Å². The third-order valence-corrected chi connectivity index (χ3v) is 3.31. The van der Waals surface area contributed by atoms with Gasteiger partial charge in [0.15, 0.2) is 0 Å². The number of hydrogen-bond donors (Lipinski definition) is 1. The molecule has 0 spiro atoms. The molecule has 1 N–H and O–H groups in total. The van der Waals surface area contributed by atoms with Crippen molar-refractivity contribution in [2.45, 2.75) is 0 Å². The molecule has 0 unspecified atom stereocenters. The van der Waals surface area contributed by atoms with Crippen LogP contribution in [0.2, 0.25) is 0 Å². The van der Waals surface area contributed by atoms with Crippen LogP contribution < -0.4 is 4.74 Å². The number of carboxylic acids is 1. The van der Waals surface area contributed by atoms with E-state index < -0.39 is 5.97 Å². The number of benzene rings is 1. The molecule has 0 aliphatic carbocycles. The van der Waals surface area contributed by atoms with Crippen LogP contribution in [0.15, 0.2) is 36.4 Å². The van der Waals surface area contributed by atoms with Gasteiger partial charge in [-0.05, 0) is 42.0 Å². The van der Waals surface area contributed by atoms with Gasteiger partial charge in [-0.25, -0.2) is 4.79 Å². The zero-order chi connectivity index (χ0) is 11.5. The van der Waals surface area contributed by atoms with Crippen molar-refractivity contribution < 1.29 is 14.6 Å². The summed E-state index contributed by atoms with van der Waals surface area (Å²) in [6.45, 7) is 0. The summed E-state index contributed by atoms with van der Waals surface area (Å²) in [5, 5.41) is 8.82. The van der Waals surface area contributed by atoms with E-state index in [0.717, 1.165) is 16.2 Å². The van der Waals surface area contributed by atoms with Crippen LogP contribution in [-0.2, 0) is 0 Å². The van der Waals surface area contributed by atoms with E-state index in [4.69, 9.17) is 9.84 Å². The summed E-state index contributed by atoms with van der Waals surface area (Å²) >= 11 is 1.27. The van der Waals surface area contributed by atoms with E-state index in [0.29, 0.717) is 4.88 Å². The molecule has 1 heterocycles. The lowest BCUT2D eigenvalue weighted by atomic mass is 10.2. The molecular formula is C12H10O3S. The predicted molar refractivity (Wildman–Crippen MR) is 63.3 cm³/mol. The molecular weight excluding hydrogens is 224 g/mol. The van der Waals surface area contributed by atoms with Crippen LogP contribution in [0.1, 0.15) is 9.67 Å². The van der Waals surface area contributed by atoms with Crippen molar-refractivity contribution in [3.63, 3.8) is 0 Å². The fourth-order valence-electron chi connectivity index (χ4n) is 1.36. The van der Waals surface area contributed by atoms with Gasteiger partial charge >= 0.3 is 5.97 Å². The van der Waals surface area contributed by atoms with Gasteiger partial charge in [0, 0.05) is 4.88 Å². The lowest BCUT2D eigenvalue weighted by Gasteiger charge is -2.00. The van der Waals surface area contributed by atoms with Crippen molar-refractivity contribution in [2.75, 3.05) is 7.11 Å². The maximum absolute atomic E-state index is 10.7.